The Balaban J connectivity index is 1.94. The first kappa shape index (κ1) is 15.7. The summed E-state index contributed by atoms with van der Waals surface area (Å²) < 4.78 is 0. The molecule has 0 aliphatic rings. The molecule has 1 aromatic carbocycles. The summed E-state index contributed by atoms with van der Waals surface area (Å²) >= 11 is 0. The molecule has 24 heavy (non-hydrogen) atoms. The number of benzene rings is 1. The molecule has 0 aliphatic carbocycles. The second kappa shape index (κ2) is 6.49. The maximum Gasteiger partial charge on any atom is 0.260 e. The van der Waals surface area contributed by atoms with E-state index in [0.29, 0.717) is 23.3 Å². The molecule has 1 amide bonds. The topological polar surface area (TPSA) is 98.9 Å². The van der Waals surface area contributed by atoms with E-state index >= 15 is 0 Å². The van der Waals surface area contributed by atoms with Gasteiger partial charge in [0, 0.05) is 12.7 Å². The molecule has 2 heterocycles. The summed E-state index contributed by atoms with van der Waals surface area (Å²) in [5.74, 6) is -0.0311. The highest BCUT2D eigenvalue weighted by Gasteiger charge is 2.18. The van der Waals surface area contributed by atoms with E-state index in [9.17, 15) is 14.4 Å². The fourth-order valence-corrected chi connectivity index (χ4v) is 2.48. The molecule has 0 spiro atoms. The van der Waals surface area contributed by atoms with Gasteiger partial charge in [-0.1, -0.05) is 12.1 Å². The number of para-hydroxylation sites is 1. The van der Waals surface area contributed by atoms with Crippen LogP contribution in [0.3, 0.4) is 0 Å². The zero-order chi connectivity index (χ0) is 17.1. The summed E-state index contributed by atoms with van der Waals surface area (Å²) in [6.07, 6.45) is 1.47. The molecule has 2 aromatic heterocycles. The number of pyridine rings is 1. The molecule has 3 aromatic rings. The minimum atomic E-state index is -0.444. The first-order valence-corrected chi connectivity index (χ1v) is 7.55. The SMILES string of the molecule is CCN(Cc1nc2ccccc2c(=O)[nH]1)C(=O)c1ccc[nH]c1=O. The van der Waals surface area contributed by atoms with Crippen LogP contribution in [0.5, 0.6) is 0 Å². The van der Waals surface area contributed by atoms with Crippen molar-refractivity contribution in [2.45, 2.75) is 13.5 Å². The van der Waals surface area contributed by atoms with Crippen LogP contribution in [0.4, 0.5) is 0 Å². The van der Waals surface area contributed by atoms with Gasteiger partial charge in [-0.2, -0.15) is 0 Å². The van der Waals surface area contributed by atoms with Gasteiger partial charge in [-0.05, 0) is 31.2 Å². The van der Waals surface area contributed by atoms with Crippen LogP contribution in [-0.4, -0.2) is 32.3 Å². The molecule has 3 rings (SSSR count). The summed E-state index contributed by atoms with van der Waals surface area (Å²) in [5, 5.41) is 0.495. The minimum absolute atomic E-state index is 0.0579. The van der Waals surface area contributed by atoms with Crippen LogP contribution < -0.4 is 11.1 Å². The molecule has 0 aliphatic heterocycles. The van der Waals surface area contributed by atoms with Crippen LogP contribution in [0.2, 0.25) is 0 Å². The Morgan fingerprint density at radius 1 is 1.12 bits per heavy atom. The Morgan fingerprint density at radius 3 is 2.67 bits per heavy atom. The second-order valence-electron chi connectivity index (χ2n) is 5.26. The standard InChI is InChI=1S/C17H16N4O3/c1-2-21(17(24)12-7-5-9-18-15(12)22)10-14-19-13-8-4-3-6-11(13)16(23)20-14/h3-9H,2,10H2,1H3,(H,18,22)(H,19,20,23). The predicted octanol–water partition coefficient (Wildman–Crippen LogP) is 1.27. The smallest absolute Gasteiger partial charge is 0.260 e. The Labute approximate surface area is 137 Å². The molecule has 0 unspecified atom stereocenters. The maximum absolute atomic E-state index is 12.5. The largest absolute Gasteiger partial charge is 0.331 e. The van der Waals surface area contributed by atoms with Crippen molar-refractivity contribution in [2.24, 2.45) is 0 Å². The molecule has 0 atom stereocenters. The van der Waals surface area contributed by atoms with E-state index in [-0.39, 0.29) is 17.7 Å². The summed E-state index contributed by atoms with van der Waals surface area (Å²) in [7, 11) is 0. The number of carbonyl (C=O) groups excluding carboxylic acids is 1. The zero-order valence-electron chi connectivity index (χ0n) is 13.1. The molecule has 0 saturated heterocycles. The van der Waals surface area contributed by atoms with E-state index in [1.165, 1.54) is 17.2 Å². The van der Waals surface area contributed by atoms with Crippen molar-refractivity contribution in [1.29, 1.82) is 0 Å². The van der Waals surface area contributed by atoms with Gasteiger partial charge in [-0.25, -0.2) is 4.98 Å². The molecule has 7 nitrogen and oxygen atoms in total. The van der Waals surface area contributed by atoms with Crippen molar-refractivity contribution < 1.29 is 4.79 Å². The van der Waals surface area contributed by atoms with Crippen molar-refractivity contribution in [3.05, 3.63) is 74.7 Å². The summed E-state index contributed by atoms with van der Waals surface area (Å²) in [6.45, 7) is 2.29. The van der Waals surface area contributed by atoms with Crippen molar-refractivity contribution >= 4 is 16.8 Å². The van der Waals surface area contributed by atoms with E-state index < -0.39 is 11.5 Å². The van der Waals surface area contributed by atoms with Crippen LogP contribution in [-0.2, 0) is 6.54 Å². The number of aromatic amines is 2. The number of hydrogen-bond acceptors (Lipinski definition) is 4. The molecule has 0 saturated carbocycles. The van der Waals surface area contributed by atoms with Crippen LogP contribution in [0.1, 0.15) is 23.1 Å². The average molecular weight is 324 g/mol. The fraction of sp³-hybridized carbons (Fsp3) is 0.176. The molecule has 0 bridgehead atoms. The van der Waals surface area contributed by atoms with E-state index in [1.54, 1.807) is 37.3 Å². The van der Waals surface area contributed by atoms with Gasteiger partial charge in [0.1, 0.15) is 11.4 Å². The van der Waals surface area contributed by atoms with Gasteiger partial charge in [-0.15, -0.1) is 0 Å². The Kier molecular flexibility index (Phi) is 4.24. The second-order valence-corrected chi connectivity index (χ2v) is 5.26. The van der Waals surface area contributed by atoms with Gasteiger partial charge in [-0.3, -0.25) is 14.4 Å². The van der Waals surface area contributed by atoms with E-state index in [2.05, 4.69) is 15.0 Å². The third kappa shape index (κ3) is 2.96. The number of hydrogen-bond donors (Lipinski definition) is 2. The summed E-state index contributed by atoms with van der Waals surface area (Å²) in [4.78, 5) is 47.4. The number of nitrogens with zero attached hydrogens (tertiary/aromatic N) is 2. The molecule has 2 N–H and O–H groups in total. The van der Waals surface area contributed by atoms with Gasteiger partial charge in [0.15, 0.2) is 0 Å². The van der Waals surface area contributed by atoms with Crippen LogP contribution in [0.15, 0.2) is 52.2 Å². The minimum Gasteiger partial charge on any atom is -0.331 e. The lowest BCUT2D eigenvalue weighted by molar-refractivity contribution is 0.0746. The Hall–Kier alpha value is -3.22. The van der Waals surface area contributed by atoms with Crippen LogP contribution >= 0.6 is 0 Å². The number of nitrogens with one attached hydrogen (secondary N) is 2. The number of amides is 1. The van der Waals surface area contributed by atoms with Crippen molar-refractivity contribution in [3.63, 3.8) is 0 Å². The molecule has 0 radical (unpaired) electrons. The quantitative estimate of drug-likeness (QED) is 0.755. The molecule has 7 heteroatoms. The summed E-state index contributed by atoms with van der Waals surface area (Å²) in [5.41, 5.74) is -0.0719. The number of H-pyrrole nitrogens is 2. The lowest BCUT2D eigenvalue weighted by atomic mass is 10.2. The zero-order valence-corrected chi connectivity index (χ0v) is 13.1. The highest BCUT2D eigenvalue weighted by Crippen LogP contribution is 2.08. The maximum atomic E-state index is 12.5. The van der Waals surface area contributed by atoms with Crippen LogP contribution in [0.25, 0.3) is 10.9 Å². The highest BCUT2D eigenvalue weighted by molar-refractivity contribution is 5.93. The van der Waals surface area contributed by atoms with E-state index in [1.807, 2.05) is 0 Å². The summed E-state index contributed by atoms with van der Waals surface area (Å²) in [6, 6.07) is 10.1. The van der Waals surface area contributed by atoms with Gasteiger partial charge >= 0.3 is 0 Å². The van der Waals surface area contributed by atoms with Crippen molar-refractivity contribution in [1.82, 2.24) is 19.9 Å². The molecule has 122 valence electrons. The number of carbonyl (C=O) groups is 1. The van der Waals surface area contributed by atoms with Gasteiger partial charge in [0.2, 0.25) is 0 Å². The van der Waals surface area contributed by atoms with Gasteiger partial charge in [0.05, 0.1) is 17.4 Å². The first-order valence-electron chi connectivity index (χ1n) is 7.55. The van der Waals surface area contributed by atoms with Crippen LogP contribution in [0, 0.1) is 0 Å². The Morgan fingerprint density at radius 2 is 1.92 bits per heavy atom. The number of rotatable bonds is 4. The van der Waals surface area contributed by atoms with E-state index in [4.69, 9.17) is 0 Å². The van der Waals surface area contributed by atoms with Gasteiger partial charge in [0.25, 0.3) is 17.0 Å². The van der Waals surface area contributed by atoms with Crippen molar-refractivity contribution in [3.8, 4) is 0 Å². The predicted molar refractivity (Wildman–Crippen MR) is 89.8 cm³/mol. The molecular formula is C17H16N4O3. The lowest BCUT2D eigenvalue weighted by Gasteiger charge is -2.20. The third-order valence-electron chi connectivity index (χ3n) is 3.72. The average Bonchev–Trinajstić information content (AvgIpc) is 2.59. The van der Waals surface area contributed by atoms with E-state index in [0.717, 1.165) is 0 Å². The normalized spacial score (nSPS) is 10.7. The molecular weight excluding hydrogens is 308 g/mol. The monoisotopic (exact) mass is 324 g/mol. The van der Waals surface area contributed by atoms with Gasteiger partial charge < -0.3 is 14.9 Å². The fourth-order valence-electron chi connectivity index (χ4n) is 2.48. The molecule has 0 fully saturated rings. The third-order valence-corrected chi connectivity index (χ3v) is 3.72. The van der Waals surface area contributed by atoms with Crippen molar-refractivity contribution in [2.75, 3.05) is 6.54 Å². The highest BCUT2D eigenvalue weighted by atomic mass is 16.2. The number of fused-ring (bicyclic) bond motifs is 1. The Bertz CT molecular complexity index is 1010. The number of aromatic nitrogens is 3. The first-order chi connectivity index (χ1) is 11.6. The lowest BCUT2D eigenvalue weighted by Crippen LogP contribution is -2.35.